The van der Waals surface area contributed by atoms with Gasteiger partial charge in [0, 0.05) is 11.3 Å². The number of para-hydroxylation sites is 1. The molecule has 3 aromatic rings. The Labute approximate surface area is 144 Å². The average Bonchev–Trinajstić information content (AvgIpc) is 3.04. The molecule has 0 amide bonds. The molecule has 4 rings (SSSR count). The fraction of sp³-hybridized carbons (Fsp3) is 0.444. The number of hydrogen-bond acceptors (Lipinski definition) is 5. The summed E-state index contributed by atoms with van der Waals surface area (Å²) in [6.45, 7) is 1.60. The number of aromatic nitrogens is 4. The van der Waals surface area contributed by atoms with E-state index in [2.05, 4.69) is 14.6 Å². The normalized spacial score (nSPS) is 16.0. The van der Waals surface area contributed by atoms with E-state index in [9.17, 15) is 4.79 Å². The van der Waals surface area contributed by atoms with Crippen LogP contribution >= 0.6 is 11.8 Å². The molecule has 2 heterocycles. The van der Waals surface area contributed by atoms with Crippen LogP contribution in [0.15, 0.2) is 29.4 Å². The van der Waals surface area contributed by atoms with E-state index in [1.54, 1.807) is 6.92 Å². The zero-order valence-corrected chi connectivity index (χ0v) is 14.6. The number of rotatable bonds is 4. The van der Waals surface area contributed by atoms with Crippen molar-refractivity contribution in [2.75, 3.05) is 5.75 Å². The minimum absolute atomic E-state index is 0.143. The average molecular weight is 340 g/mol. The number of hydrogen-bond donors (Lipinski definition) is 0. The van der Waals surface area contributed by atoms with E-state index in [-0.39, 0.29) is 5.78 Å². The summed E-state index contributed by atoms with van der Waals surface area (Å²) in [6, 6.07) is 8.09. The Balaban J connectivity index is 1.91. The highest BCUT2D eigenvalue weighted by molar-refractivity contribution is 7.99. The van der Waals surface area contributed by atoms with Crippen LogP contribution in [0.3, 0.4) is 0 Å². The first-order valence-corrected chi connectivity index (χ1v) is 9.48. The maximum Gasteiger partial charge on any atom is 0.197 e. The Kier molecular flexibility index (Phi) is 4.22. The van der Waals surface area contributed by atoms with Crippen molar-refractivity contribution in [1.29, 1.82) is 0 Å². The van der Waals surface area contributed by atoms with E-state index in [1.165, 1.54) is 31.0 Å². The second-order valence-electron chi connectivity index (χ2n) is 6.45. The van der Waals surface area contributed by atoms with E-state index < -0.39 is 0 Å². The van der Waals surface area contributed by atoms with Crippen LogP contribution in [0.1, 0.15) is 50.8 Å². The molecule has 2 aromatic heterocycles. The maximum absolute atomic E-state index is 11.4. The monoisotopic (exact) mass is 340 g/mol. The molecule has 1 aliphatic rings. The second kappa shape index (κ2) is 6.51. The number of fused-ring (bicyclic) bond motifs is 3. The third-order valence-corrected chi connectivity index (χ3v) is 5.69. The lowest BCUT2D eigenvalue weighted by atomic mass is 9.88. The number of Topliss-reactive ketones (excluding diaryl/α,β-unsaturated/α-hetero) is 1. The lowest BCUT2D eigenvalue weighted by Gasteiger charge is -2.22. The molecule has 124 valence electrons. The predicted molar refractivity (Wildman–Crippen MR) is 95.5 cm³/mol. The highest BCUT2D eigenvalue weighted by Gasteiger charge is 2.23. The van der Waals surface area contributed by atoms with Crippen LogP contribution in [-0.2, 0) is 4.79 Å². The van der Waals surface area contributed by atoms with Gasteiger partial charge in [-0.15, -0.1) is 10.2 Å². The Morgan fingerprint density at radius 1 is 1.21 bits per heavy atom. The Bertz CT molecular complexity index is 899. The van der Waals surface area contributed by atoms with Gasteiger partial charge in [0.15, 0.2) is 10.8 Å². The fourth-order valence-corrected chi connectivity index (χ4v) is 4.22. The molecule has 1 saturated carbocycles. The maximum atomic E-state index is 11.4. The minimum Gasteiger partial charge on any atom is -0.299 e. The molecule has 1 aromatic carbocycles. The number of ketones is 1. The van der Waals surface area contributed by atoms with Crippen LogP contribution in [0.25, 0.3) is 16.6 Å². The lowest BCUT2D eigenvalue weighted by molar-refractivity contribution is -0.114. The summed E-state index contributed by atoms with van der Waals surface area (Å²) in [5, 5.41) is 10.6. The van der Waals surface area contributed by atoms with Gasteiger partial charge in [-0.1, -0.05) is 43.2 Å². The summed E-state index contributed by atoms with van der Waals surface area (Å²) in [6.07, 6.45) is 6.13. The number of carbonyl (C=O) groups is 1. The van der Waals surface area contributed by atoms with Crippen LogP contribution in [0.4, 0.5) is 0 Å². The topological polar surface area (TPSA) is 60.2 Å². The van der Waals surface area contributed by atoms with Gasteiger partial charge in [-0.3, -0.25) is 9.20 Å². The van der Waals surface area contributed by atoms with Gasteiger partial charge in [-0.25, -0.2) is 4.98 Å². The standard InChI is InChI=1S/C18H20N4OS/c1-12(23)11-24-18-21-20-17-14-9-5-6-10-15(14)19-16(22(17)18)13-7-3-2-4-8-13/h5-6,9-10,13H,2-4,7-8,11H2,1H3. The molecule has 0 atom stereocenters. The van der Waals surface area contributed by atoms with E-state index in [0.717, 1.165) is 40.4 Å². The summed E-state index contributed by atoms with van der Waals surface area (Å²) in [7, 11) is 0. The van der Waals surface area contributed by atoms with Gasteiger partial charge in [-0.05, 0) is 31.9 Å². The summed E-state index contributed by atoms with van der Waals surface area (Å²) in [4.78, 5) is 16.4. The first-order chi connectivity index (χ1) is 11.7. The Morgan fingerprint density at radius 3 is 2.79 bits per heavy atom. The Morgan fingerprint density at radius 2 is 2.00 bits per heavy atom. The van der Waals surface area contributed by atoms with E-state index in [0.29, 0.717) is 11.7 Å². The van der Waals surface area contributed by atoms with E-state index in [1.807, 2.05) is 24.3 Å². The van der Waals surface area contributed by atoms with Gasteiger partial charge in [0.2, 0.25) is 0 Å². The smallest absolute Gasteiger partial charge is 0.197 e. The van der Waals surface area contributed by atoms with Crippen LogP contribution in [0.5, 0.6) is 0 Å². The van der Waals surface area contributed by atoms with Crippen molar-refractivity contribution < 1.29 is 4.79 Å². The summed E-state index contributed by atoms with van der Waals surface area (Å²) >= 11 is 1.45. The number of nitrogens with zero attached hydrogens (tertiary/aromatic N) is 4. The molecule has 24 heavy (non-hydrogen) atoms. The molecule has 5 nitrogen and oxygen atoms in total. The van der Waals surface area contributed by atoms with Crippen molar-refractivity contribution in [1.82, 2.24) is 19.6 Å². The van der Waals surface area contributed by atoms with Crippen molar-refractivity contribution in [3.05, 3.63) is 30.1 Å². The van der Waals surface area contributed by atoms with Crippen molar-refractivity contribution in [2.45, 2.75) is 50.1 Å². The second-order valence-corrected chi connectivity index (χ2v) is 7.40. The van der Waals surface area contributed by atoms with Gasteiger partial charge in [0.1, 0.15) is 11.6 Å². The molecule has 0 aliphatic heterocycles. The van der Waals surface area contributed by atoms with E-state index in [4.69, 9.17) is 4.98 Å². The SMILES string of the molecule is CC(=O)CSc1nnc2c3ccccc3nc(C3CCCCC3)n12. The third kappa shape index (κ3) is 2.79. The van der Waals surface area contributed by atoms with Gasteiger partial charge in [-0.2, -0.15) is 0 Å². The van der Waals surface area contributed by atoms with Crippen LogP contribution in [0.2, 0.25) is 0 Å². The largest absolute Gasteiger partial charge is 0.299 e. The zero-order chi connectivity index (χ0) is 16.5. The van der Waals surface area contributed by atoms with Crippen molar-refractivity contribution in [3.63, 3.8) is 0 Å². The first kappa shape index (κ1) is 15.6. The molecular weight excluding hydrogens is 320 g/mol. The van der Waals surface area contributed by atoms with Gasteiger partial charge in [0.05, 0.1) is 11.3 Å². The predicted octanol–water partition coefficient (Wildman–Crippen LogP) is 4.01. The molecule has 0 saturated heterocycles. The zero-order valence-electron chi connectivity index (χ0n) is 13.7. The fourth-order valence-electron chi connectivity index (χ4n) is 3.48. The van der Waals surface area contributed by atoms with Crippen molar-refractivity contribution in [2.24, 2.45) is 0 Å². The quantitative estimate of drug-likeness (QED) is 0.672. The molecule has 0 unspecified atom stereocenters. The van der Waals surface area contributed by atoms with Gasteiger partial charge in [0.25, 0.3) is 0 Å². The third-order valence-electron chi connectivity index (χ3n) is 4.62. The first-order valence-electron chi connectivity index (χ1n) is 8.50. The molecule has 0 spiro atoms. The van der Waals surface area contributed by atoms with Crippen LogP contribution in [0, 0.1) is 0 Å². The molecular formula is C18H20N4OS. The van der Waals surface area contributed by atoms with Crippen molar-refractivity contribution in [3.8, 4) is 0 Å². The molecule has 0 N–H and O–H groups in total. The number of benzene rings is 1. The molecule has 0 radical (unpaired) electrons. The summed E-state index contributed by atoms with van der Waals surface area (Å²) in [5.41, 5.74) is 1.83. The van der Waals surface area contributed by atoms with Crippen molar-refractivity contribution >= 4 is 34.1 Å². The number of carbonyl (C=O) groups excluding carboxylic acids is 1. The summed E-state index contributed by atoms with van der Waals surface area (Å²) < 4.78 is 2.09. The molecule has 1 fully saturated rings. The highest BCUT2D eigenvalue weighted by Crippen LogP contribution is 2.35. The van der Waals surface area contributed by atoms with Gasteiger partial charge < -0.3 is 0 Å². The molecule has 1 aliphatic carbocycles. The highest BCUT2D eigenvalue weighted by atomic mass is 32.2. The Hall–Kier alpha value is -1.95. The van der Waals surface area contributed by atoms with Gasteiger partial charge >= 0.3 is 0 Å². The molecule has 6 heteroatoms. The van der Waals surface area contributed by atoms with E-state index >= 15 is 0 Å². The minimum atomic E-state index is 0.143. The molecule has 0 bridgehead atoms. The number of thioether (sulfide) groups is 1. The van der Waals surface area contributed by atoms with Crippen LogP contribution < -0.4 is 0 Å². The summed E-state index contributed by atoms with van der Waals surface area (Å²) in [5.74, 6) is 2.06. The lowest BCUT2D eigenvalue weighted by Crippen LogP contribution is -2.13. The van der Waals surface area contributed by atoms with Crippen LogP contribution in [-0.4, -0.2) is 31.1 Å².